The van der Waals surface area contributed by atoms with Crippen LogP contribution in [0.1, 0.15) is 68.2 Å². The van der Waals surface area contributed by atoms with Crippen molar-refractivity contribution in [1.82, 2.24) is 0 Å². The highest BCUT2D eigenvalue weighted by Gasteiger charge is 2.14. The maximum Gasteiger partial charge on any atom is -0.0235 e. The van der Waals surface area contributed by atoms with E-state index in [1.54, 1.807) is 0 Å². The molecule has 98 valence electrons. The van der Waals surface area contributed by atoms with Gasteiger partial charge in [-0.25, -0.2) is 0 Å². The van der Waals surface area contributed by atoms with Crippen molar-refractivity contribution in [2.75, 3.05) is 0 Å². The fourth-order valence-electron chi connectivity index (χ4n) is 1.81. The summed E-state index contributed by atoms with van der Waals surface area (Å²) in [5.74, 6) is 3.18. The smallest absolute Gasteiger partial charge is 0.0235 e. The van der Waals surface area contributed by atoms with Gasteiger partial charge in [0.05, 0.1) is 0 Å². The van der Waals surface area contributed by atoms with Crippen LogP contribution < -0.4 is 0 Å². The van der Waals surface area contributed by atoms with Crippen molar-refractivity contribution in [1.29, 1.82) is 0 Å². The minimum atomic E-state index is 0.685. The van der Waals surface area contributed by atoms with Crippen LogP contribution in [0, 0.1) is 23.7 Å². The lowest BCUT2D eigenvalue weighted by molar-refractivity contribution is 0.305. The van der Waals surface area contributed by atoms with Crippen molar-refractivity contribution in [2.24, 2.45) is 23.7 Å². The van der Waals surface area contributed by atoms with E-state index in [0.29, 0.717) is 5.92 Å². The lowest BCUT2D eigenvalue weighted by Crippen LogP contribution is -2.11. The minimum Gasteiger partial charge on any atom is -0.0999 e. The Hall–Kier alpha value is -0.260. The lowest BCUT2D eigenvalue weighted by Gasteiger charge is -2.22. The van der Waals surface area contributed by atoms with Crippen molar-refractivity contribution in [3.05, 3.63) is 12.2 Å². The second-order valence-electron chi connectivity index (χ2n) is 5.55. The molecule has 0 aliphatic carbocycles. The predicted molar refractivity (Wildman–Crippen MR) is 77.7 cm³/mol. The molecule has 0 heteroatoms. The molecule has 3 atom stereocenters. The van der Waals surface area contributed by atoms with Gasteiger partial charge in [0.1, 0.15) is 0 Å². The molecule has 3 unspecified atom stereocenters. The third-order valence-electron chi connectivity index (χ3n) is 3.51. The van der Waals surface area contributed by atoms with E-state index < -0.39 is 0 Å². The summed E-state index contributed by atoms with van der Waals surface area (Å²) in [5, 5.41) is 0. The van der Waals surface area contributed by atoms with E-state index in [9.17, 15) is 0 Å². The highest BCUT2D eigenvalue weighted by molar-refractivity contribution is 4.94. The average molecular weight is 226 g/mol. The van der Waals surface area contributed by atoms with E-state index in [0.717, 1.165) is 17.8 Å². The minimum absolute atomic E-state index is 0.685. The quantitative estimate of drug-likeness (QED) is 0.492. The van der Waals surface area contributed by atoms with E-state index in [4.69, 9.17) is 0 Å². The van der Waals surface area contributed by atoms with Crippen LogP contribution in [0.3, 0.4) is 0 Å². The molecule has 0 nitrogen and oxygen atoms in total. The molecule has 0 aliphatic rings. The van der Waals surface area contributed by atoms with Crippen molar-refractivity contribution < 1.29 is 0 Å². The van der Waals surface area contributed by atoms with Crippen molar-refractivity contribution in [2.45, 2.75) is 68.2 Å². The molecule has 0 aromatic carbocycles. The SMILES string of the molecule is C=C(C)C(C)CC(C)CC(C)C(C)C.CC. The first-order valence-corrected chi connectivity index (χ1v) is 7.00. The first-order chi connectivity index (χ1) is 7.34. The van der Waals surface area contributed by atoms with E-state index in [-0.39, 0.29) is 0 Å². The van der Waals surface area contributed by atoms with Crippen LogP contribution in [0.5, 0.6) is 0 Å². The maximum atomic E-state index is 4.02. The van der Waals surface area contributed by atoms with E-state index in [2.05, 4.69) is 48.1 Å². The van der Waals surface area contributed by atoms with Gasteiger partial charge in [-0.2, -0.15) is 0 Å². The Balaban J connectivity index is 0. The molecule has 0 spiro atoms. The van der Waals surface area contributed by atoms with Crippen LogP contribution in [0.2, 0.25) is 0 Å². The van der Waals surface area contributed by atoms with Gasteiger partial charge in [0, 0.05) is 0 Å². The molecule has 0 fully saturated rings. The Labute approximate surface area is 105 Å². The Morgan fingerprint density at radius 3 is 1.69 bits per heavy atom. The first kappa shape index (κ1) is 18.1. The van der Waals surface area contributed by atoms with Crippen LogP contribution in [-0.4, -0.2) is 0 Å². The number of hydrogen-bond acceptors (Lipinski definition) is 0. The third-order valence-corrected chi connectivity index (χ3v) is 3.51. The Bertz CT molecular complexity index is 167. The van der Waals surface area contributed by atoms with Gasteiger partial charge in [-0.05, 0) is 43.4 Å². The van der Waals surface area contributed by atoms with Crippen LogP contribution in [0.4, 0.5) is 0 Å². The standard InChI is InChI=1S/C14H28.C2H6/c1-10(2)13(6)8-12(5)9-14(7)11(3)4;1-2/h11-14H,1,8-9H2,2-7H3;1-2H3. The van der Waals surface area contributed by atoms with Gasteiger partial charge in [0.2, 0.25) is 0 Å². The molecule has 0 saturated heterocycles. The molecule has 0 aromatic heterocycles. The van der Waals surface area contributed by atoms with Crippen LogP contribution >= 0.6 is 0 Å². The zero-order valence-corrected chi connectivity index (χ0v) is 12.9. The average Bonchev–Trinajstić information content (AvgIpc) is 2.20. The zero-order chi connectivity index (χ0) is 13.3. The van der Waals surface area contributed by atoms with Gasteiger partial charge in [0.15, 0.2) is 0 Å². The number of hydrogen-bond donors (Lipinski definition) is 0. The summed E-state index contributed by atoms with van der Waals surface area (Å²) in [6.45, 7) is 21.8. The van der Waals surface area contributed by atoms with E-state index in [1.807, 2.05) is 13.8 Å². The summed E-state index contributed by atoms with van der Waals surface area (Å²) in [7, 11) is 0. The fraction of sp³-hybridized carbons (Fsp3) is 0.875. The maximum absolute atomic E-state index is 4.02. The van der Waals surface area contributed by atoms with E-state index >= 15 is 0 Å². The Morgan fingerprint density at radius 2 is 1.38 bits per heavy atom. The summed E-state index contributed by atoms with van der Waals surface area (Å²) in [4.78, 5) is 0. The van der Waals surface area contributed by atoms with Gasteiger partial charge in [-0.15, -0.1) is 0 Å². The molecule has 0 amide bonds. The summed E-state index contributed by atoms with van der Waals surface area (Å²) >= 11 is 0. The fourth-order valence-corrected chi connectivity index (χ4v) is 1.81. The predicted octanol–water partition coefficient (Wildman–Crippen LogP) is 5.93. The summed E-state index contributed by atoms with van der Waals surface area (Å²) < 4.78 is 0. The molecule has 0 heterocycles. The molecular weight excluding hydrogens is 192 g/mol. The van der Waals surface area contributed by atoms with Crippen molar-refractivity contribution in [3.63, 3.8) is 0 Å². The molecule has 0 aliphatic heterocycles. The molecule has 0 aromatic rings. The summed E-state index contributed by atoms with van der Waals surface area (Å²) in [6, 6.07) is 0. The summed E-state index contributed by atoms with van der Waals surface area (Å²) in [6.07, 6.45) is 2.65. The zero-order valence-electron chi connectivity index (χ0n) is 12.9. The van der Waals surface area contributed by atoms with Gasteiger partial charge >= 0.3 is 0 Å². The highest BCUT2D eigenvalue weighted by Crippen LogP contribution is 2.26. The Kier molecular flexibility index (Phi) is 11.2. The van der Waals surface area contributed by atoms with Crippen molar-refractivity contribution in [3.8, 4) is 0 Å². The molecule has 0 radical (unpaired) electrons. The topological polar surface area (TPSA) is 0 Å². The van der Waals surface area contributed by atoms with Gasteiger partial charge in [-0.3, -0.25) is 0 Å². The molecule has 0 rings (SSSR count). The first-order valence-electron chi connectivity index (χ1n) is 7.00. The van der Waals surface area contributed by atoms with Gasteiger partial charge in [-0.1, -0.05) is 60.6 Å². The third kappa shape index (κ3) is 9.00. The molecule has 0 bridgehead atoms. The number of rotatable bonds is 6. The van der Waals surface area contributed by atoms with Crippen LogP contribution in [0.25, 0.3) is 0 Å². The Morgan fingerprint density at radius 1 is 0.938 bits per heavy atom. The highest BCUT2D eigenvalue weighted by atomic mass is 14.2. The largest absolute Gasteiger partial charge is 0.0999 e. The monoisotopic (exact) mass is 226 g/mol. The second-order valence-corrected chi connectivity index (χ2v) is 5.55. The van der Waals surface area contributed by atoms with Crippen molar-refractivity contribution >= 4 is 0 Å². The lowest BCUT2D eigenvalue weighted by atomic mass is 9.83. The second kappa shape index (κ2) is 9.93. The molecule has 0 N–H and O–H groups in total. The van der Waals surface area contributed by atoms with E-state index in [1.165, 1.54) is 18.4 Å². The molecular formula is C16H34. The normalized spacial score (nSPS) is 16.1. The van der Waals surface area contributed by atoms with Crippen LogP contribution in [0.15, 0.2) is 12.2 Å². The molecule has 16 heavy (non-hydrogen) atoms. The van der Waals surface area contributed by atoms with Gasteiger partial charge < -0.3 is 0 Å². The van der Waals surface area contributed by atoms with Gasteiger partial charge in [0.25, 0.3) is 0 Å². The summed E-state index contributed by atoms with van der Waals surface area (Å²) in [5.41, 5.74) is 1.33. The van der Waals surface area contributed by atoms with Crippen LogP contribution in [-0.2, 0) is 0 Å². The molecule has 0 saturated carbocycles. The number of allylic oxidation sites excluding steroid dienone is 1.